The first-order valence-electron chi connectivity index (χ1n) is 3.50. The second-order valence-corrected chi connectivity index (χ2v) is 2.91. The molecule has 70 valence electrons. The van der Waals surface area contributed by atoms with Crippen molar-refractivity contribution in [1.29, 1.82) is 0 Å². The van der Waals surface area contributed by atoms with Gasteiger partial charge >= 0.3 is 0 Å². The Hall–Kier alpha value is -1.42. The van der Waals surface area contributed by atoms with Crippen LogP contribution in [0.1, 0.15) is 6.92 Å². The van der Waals surface area contributed by atoms with Crippen molar-refractivity contribution in [1.82, 2.24) is 0 Å². The van der Waals surface area contributed by atoms with Gasteiger partial charge in [0.2, 0.25) is 5.91 Å². The summed E-state index contributed by atoms with van der Waals surface area (Å²) in [6.45, 7) is 1.32. The first kappa shape index (κ1) is 9.67. The normalized spacial score (nSPS) is 9.69. The molecule has 3 N–H and O–H groups in total. The van der Waals surface area contributed by atoms with Crippen molar-refractivity contribution in [3.8, 4) is 11.5 Å². The molecule has 1 rings (SSSR count). The highest BCUT2D eigenvalue weighted by Gasteiger charge is 2.07. The Kier molecular flexibility index (Phi) is 2.63. The van der Waals surface area contributed by atoms with Gasteiger partial charge in [-0.05, 0) is 0 Å². The summed E-state index contributed by atoms with van der Waals surface area (Å²) in [5, 5.41) is 20.7. The Bertz CT molecular complexity index is 351. The van der Waals surface area contributed by atoms with Crippen LogP contribution in [-0.2, 0) is 4.79 Å². The minimum Gasteiger partial charge on any atom is -0.504 e. The van der Waals surface area contributed by atoms with Crippen LogP contribution in [0.2, 0.25) is 5.02 Å². The fourth-order valence-electron chi connectivity index (χ4n) is 0.837. The summed E-state index contributed by atoms with van der Waals surface area (Å²) < 4.78 is 0. The summed E-state index contributed by atoms with van der Waals surface area (Å²) >= 11 is 5.66. The number of anilines is 1. The third-order valence-corrected chi connectivity index (χ3v) is 1.69. The van der Waals surface area contributed by atoms with Gasteiger partial charge in [-0.3, -0.25) is 4.79 Å². The van der Waals surface area contributed by atoms with E-state index in [2.05, 4.69) is 5.32 Å². The lowest BCUT2D eigenvalue weighted by molar-refractivity contribution is -0.114. The molecule has 0 heterocycles. The molecule has 1 amide bonds. The zero-order valence-corrected chi connectivity index (χ0v) is 7.59. The summed E-state index contributed by atoms with van der Waals surface area (Å²) in [6.07, 6.45) is 0. The molecule has 1 aromatic rings. The van der Waals surface area contributed by atoms with E-state index in [1.165, 1.54) is 13.0 Å². The Labute approximate surface area is 79.8 Å². The zero-order chi connectivity index (χ0) is 10.0. The Balaban J connectivity index is 3.08. The molecule has 0 saturated heterocycles. The van der Waals surface area contributed by atoms with Crippen LogP contribution in [0.15, 0.2) is 12.1 Å². The Morgan fingerprint density at radius 3 is 2.46 bits per heavy atom. The van der Waals surface area contributed by atoms with E-state index in [4.69, 9.17) is 21.8 Å². The number of phenolic OH excluding ortho intramolecular Hbond substituents is 2. The molecule has 13 heavy (non-hydrogen) atoms. The summed E-state index contributed by atoms with van der Waals surface area (Å²) in [5.74, 6) is -0.945. The number of amides is 1. The number of phenols is 2. The molecule has 5 heteroatoms. The lowest BCUT2D eigenvalue weighted by Gasteiger charge is -2.06. The van der Waals surface area contributed by atoms with E-state index in [-0.39, 0.29) is 28.1 Å². The van der Waals surface area contributed by atoms with Gasteiger partial charge < -0.3 is 15.5 Å². The summed E-state index contributed by atoms with van der Waals surface area (Å²) in [5.41, 5.74) is 0.268. The first-order valence-corrected chi connectivity index (χ1v) is 3.87. The molecule has 0 spiro atoms. The maximum absolute atomic E-state index is 10.6. The van der Waals surface area contributed by atoms with E-state index in [9.17, 15) is 4.79 Å². The fraction of sp³-hybridized carbons (Fsp3) is 0.125. The standard InChI is InChI=1S/C8H8ClNO3/c1-4(11)10-6-3-8(13)7(12)2-5(6)9/h2-3,12-13H,1H3,(H,10,11). The van der Waals surface area contributed by atoms with Crippen molar-refractivity contribution in [2.75, 3.05) is 5.32 Å². The van der Waals surface area contributed by atoms with E-state index in [0.717, 1.165) is 6.07 Å². The number of hydrogen-bond donors (Lipinski definition) is 3. The van der Waals surface area contributed by atoms with Crippen molar-refractivity contribution in [2.45, 2.75) is 6.92 Å². The molecule has 1 aromatic carbocycles. The van der Waals surface area contributed by atoms with Crippen LogP contribution in [-0.4, -0.2) is 16.1 Å². The quantitative estimate of drug-likeness (QED) is 0.479. The maximum Gasteiger partial charge on any atom is 0.221 e. The third kappa shape index (κ3) is 2.26. The predicted molar refractivity (Wildman–Crippen MR) is 49.1 cm³/mol. The van der Waals surface area contributed by atoms with Gasteiger partial charge in [0, 0.05) is 19.1 Å². The predicted octanol–water partition coefficient (Wildman–Crippen LogP) is 1.71. The largest absolute Gasteiger partial charge is 0.504 e. The topological polar surface area (TPSA) is 69.6 Å². The number of carbonyl (C=O) groups excluding carboxylic acids is 1. The van der Waals surface area contributed by atoms with E-state index in [1.54, 1.807) is 0 Å². The molecule has 0 aromatic heterocycles. The van der Waals surface area contributed by atoms with Crippen LogP contribution in [0.5, 0.6) is 11.5 Å². The highest BCUT2D eigenvalue weighted by molar-refractivity contribution is 6.33. The number of rotatable bonds is 1. The van der Waals surface area contributed by atoms with E-state index in [1.807, 2.05) is 0 Å². The highest BCUT2D eigenvalue weighted by Crippen LogP contribution is 2.34. The van der Waals surface area contributed by atoms with Crippen LogP contribution in [0.4, 0.5) is 5.69 Å². The molecule has 4 nitrogen and oxygen atoms in total. The van der Waals surface area contributed by atoms with E-state index >= 15 is 0 Å². The van der Waals surface area contributed by atoms with Gasteiger partial charge in [0.25, 0.3) is 0 Å². The highest BCUT2D eigenvalue weighted by atomic mass is 35.5. The molecular weight excluding hydrogens is 194 g/mol. The van der Waals surface area contributed by atoms with Crippen molar-refractivity contribution < 1.29 is 15.0 Å². The fourth-order valence-corrected chi connectivity index (χ4v) is 1.04. The molecular formula is C8H8ClNO3. The van der Waals surface area contributed by atoms with Gasteiger partial charge in [-0.15, -0.1) is 0 Å². The van der Waals surface area contributed by atoms with Crippen LogP contribution in [0.3, 0.4) is 0 Å². The first-order chi connectivity index (χ1) is 6.00. The lowest BCUT2D eigenvalue weighted by atomic mass is 10.2. The minimum atomic E-state index is -0.326. The Morgan fingerprint density at radius 2 is 1.92 bits per heavy atom. The van der Waals surface area contributed by atoms with E-state index < -0.39 is 0 Å². The molecule has 0 aliphatic rings. The van der Waals surface area contributed by atoms with Crippen LogP contribution >= 0.6 is 11.6 Å². The van der Waals surface area contributed by atoms with Crippen LogP contribution in [0, 0.1) is 0 Å². The molecule has 0 aliphatic carbocycles. The molecule has 0 unspecified atom stereocenters. The summed E-state index contributed by atoms with van der Waals surface area (Å²) in [6, 6.07) is 2.33. The van der Waals surface area contributed by atoms with Crippen molar-refractivity contribution in [2.24, 2.45) is 0 Å². The van der Waals surface area contributed by atoms with Gasteiger partial charge in [-0.2, -0.15) is 0 Å². The second kappa shape index (κ2) is 3.53. The number of benzene rings is 1. The molecule has 0 bridgehead atoms. The molecule has 0 radical (unpaired) electrons. The number of carbonyl (C=O) groups is 1. The summed E-state index contributed by atoms with van der Waals surface area (Å²) in [4.78, 5) is 10.6. The lowest BCUT2D eigenvalue weighted by Crippen LogP contribution is -2.05. The molecule has 0 atom stereocenters. The minimum absolute atomic E-state index is 0.172. The molecule has 0 fully saturated rings. The van der Waals surface area contributed by atoms with E-state index in [0.29, 0.717) is 0 Å². The zero-order valence-electron chi connectivity index (χ0n) is 6.84. The molecule has 0 saturated carbocycles. The number of halogens is 1. The van der Waals surface area contributed by atoms with Crippen molar-refractivity contribution in [3.63, 3.8) is 0 Å². The molecule has 0 aliphatic heterocycles. The SMILES string of the molecule is CC(=O)Nc1cc(O)c(O)cc1Cl. The maximum atomic E-state index is 10.6. The second-order valence-electron chi connectivity index (χ2n) is 2.50. The van der Waals surface area contributed by atoms with Crippen LogP contribution < -0.4 is 5.32 Å². The van der Waals surface area contributed by atoms with Gasteiger partial charge in [0.05, 0.1) is 10.7 Å². The smallest absolute Gasteiger partial charge is 0.221 e. The average Bonchev–Trinajstić information content (AvgIpc) is 1.99. The van der Waals surface area contributed by atoms with Crippen molar-refractivity contribution in [3.05, 3.63) is 17.2 Å². The average molecular weight is 202 g/mol. The van der Waals surface area contributed by atoms with Gasteiger partial charge in [0.1, 0.15) is 0 Å². The monoisotopic (exact) mass is 201 g/mol. The van der Waals surface area contributed by atoms with Crippen molar-refractivity contribution >= 4 is 23.2 Å². The van der Waals surface area contributed by atoms with Gasteiger partial charge in [-0.25, -0.2) is 0 Å². The Morgan fingerprint density at radius 1 is 1.38 bits per heavy atom. The van der Waals surface area contributed by atoms with Gasteiger partial charge in [0.15, 0.2) is 11.5 Å². The van der Waals surface area contributed by atoms with Gasteiger partial charge in [-0.1, -0.05) is 11.6 Å². The number of aromatic hydroxyl groups is 2. The third-order valence-electron chi connectivity index (χ3n) is 1.37. The summed E-state index contributed by atoms with van der Waals surface area (Å²) in [7, 11) is 0. The number of hydrogen-bond acceptors (Lipinski definition) is 3. The number of nitrogens with one attached hydrogen (secondary N) is 1. The van der Waals surface area contributed by atoms with Crippen LogP contribution in [0.25, 0.3) is 0 Å².